The highest BCUT2D eigenvalue weighted by Gasteiger charge is 2.13. The summed E-state index contributed by atoms with van der Waals surface area (Å²) in [5.74, 6) is -0.163. The Labute approximate surface area is 180 Å². The first-order valence-electron chi connectivity index (χ1n) is 9.51. The van der Waals surface area contributed by atoms with Gasteiger partial charge in [-0.05, 0) is 30.3 Å². The molecule has 7 nitrogen and oxygen atoms in total. The van der Waals surface area contributed by atoms with Gasteiger partial charge in [0.15, 0.2) is 12.3 Å². The van der Waals surface area contributed by atoms with Crippen molar-refractivity contribution >= 4 is 44.1 Å². The van der Waals surface area contributed by atoms with Crippen molar-refractivity contribution in [3.8, 4) is 22.2 Å². The van der Waals surface area contributed by atoms with E-state index in [-0.39, 0.29) is 18.2 Å². The van der Waals surface area contributed by atoms with Gasteiger partial charge in [0.1, 0.15) is 10.8 Å². The summed E-state index contributed by atoms with van der Waals surface area (Å²) in [5, 5.41) is 19.1. The van der Waals surface area contributed by atoms with Crippen LogP contribution in [0.3, 0.4) is 0 Å². The molecule has 8 heteroatoms. The van der Waals surface area contributed by atoms with Crippen LogP contribution in [0.2, 0.25) is 0 Å². The van der Waals surface area contributed by atoms with Gasteiger partial charge in [-0.1, -0.05) is 42.5 Å². The van der Waals surface area contributed by atoms with Crippen molar-refractivity contribution in [3.05, 3.63) is 72.8 Å². The molecule has 5 aromatic rings. The average molecular weight is 428 g/mol. The number of nitrogens with zero attached hydrogens (tertiary/aromatic N) is 3. The first kappa shape index (κ1) is 19.0. The number of azo groups is 1. The van der Waals surface area contributed by atoms with E-state index >= 15 is 0 Å². The molecule has 31 heavy (non-hydrogen) atoms. The number of aromatic hydroxyl groups is 1. The number of H-pyrrole nitrogens is 1. The summed E-state index contributed by atoms with van der Waals surface area (Å²) >= 11 is 1.56. The molecule has 0 aliphatic heterocycles. The highest BCUT2D eigenvalue weighted by molar-refractivity contribution is 7.21. The Bertz CT molecular complexity index is 1400. The fourth-order valence-corrected chi connectivity index (χ4v) is 4.24. The summed E-state index contributed by atoms with van der Waals surface area (Å²) in [7, 11) is 0. The van der Waals surface area contributed by atoms with Gasteiger partial charge in [0.25, 0.3) is 0 Å². The Kier molecular flexibility index (Phi) is 4.89. The molecule has 0 aliphatic rings. The maximum atomic E-state index is 12.3. The first-order valence-corrected chi connectivity index (χ1v) is 10.3. The number of aromatic nitrogens is 2. The third-order valence-electron chi connectivity index (χ3n) is 4.68. The SMILES string of the molecule is O=C(COc1ccccc1-c1nc2ccccc2s1)N=Nc1c(O)[nH]c2ccccc12. The normalized spacial score (nSPS) is 11.5. The standard InChI is InChI=1S/C23H16N4O3S/c28-20(26-27-21-14-7-1-3-9-16(14)24-22(21)29)13-30-18-11-5-2-8-15(18)23-25-17-10-4-6-12-19(17)31-23/h1-12,24,29H,13H2. The zero-order valence-corrected chi connectivity index (χ0v) is 17.0. The number of para-hydroxylation sites is 3. The van der Waals surface area contributed by atoms with Gasteiger partial charge in [0.05, 0.1) is 21.3 Å². The van der Waals surface area contributed by atoms with Gasteiger partial charge in [-0.3, -0.25) is 4.79 Å². The highest BCUT2D eigenvalue weighted by atomic mass is 32.1. The van der Waals surface area contributed by atoms with Gasteiger partial charge in [0, 0.05) is 5.39 Å². The Balaban J connectivity index is 1.34. The van der Waals surface area contributed by atoms with E-state index in [9.17, 15) is 9.90 Å². The molecule has 2 heterocycles. The van der Waals surface area contributed by atoms with Gasteiger partial charge >= 0.3 is 5.91 Å². The van der Waals surface area contributed by atoms with Gasteiger partial charge in [-0.25, -0.2) is 4.98 Å². The minimum absolute atomic E-state index is 0.139. The molecule has 152 valence electrons. The van der Waals surface area contributed by atoms with Crippen LogP contribution in [0.1, 0.15) is 0 Å². The monoisotopic (exact) mass is 428 g/mol. The molecular formula is C23H16N4O3S. The molecule has 0 radical (unpaired) electrons. The predicted molar refractivity (Wildman–Crippen MR) is 120 cm³/mol. The number of nitrogens with one attached hydrogen (secondary N) is 1. The molecule has 1 amide bonds. The molecule has 0 saturated heterocycles. The summed E-state index contributed by atoms with van der Waals surface area (Å²) in [5.41, 5.74) is 2.66. The van der Waals surface area contributed by atoms with Crippen LogP contribution in [0.15, 0.2) is 83.0 Å². The van der Waals surface area contributed by atoms with E-state index in [2.05, 4.69) is 20.2 Å². The second kappa shape index (κ2) is 8.00. The highest BCUT2D eigenvalue weighted by Crippen LogP contribution is 2.36. The van der Waals surface area contributed by atoms with E-state index in [0.717, 1.165) is 20.8 Å². The Hall–Kier alpha value is -4.04. The number of carbonyl (C=O) groups excluding carboxylic acids is 1. The molecule has 0 fully saturated rings. The molecule has 2 N–H and O–H groups in total. The van der Waals surface area contributed by atoms with E-state index < -0.39 is 5.91 Å². The maximum Gasteiger partial charge on any atom is 0.302 e. The number of rotatable bonds is 5. The molecule has 2 aromatic heterocycles. The fourth-order valence-electron chi connectivity index (χ4n) is 3.24. The maximum absolute atomic E-state index is 12.3. The quantitative estimate of drug-likeness (QED) is 0.344. The van der Waals surface area contributed by atoms with Crippen LogP contribution in [-0.4, -0.2) is 27.6 Å². The van der Waals surface area contributed by atoms with Crippen LogP contribution in [-0.2, 0) is 4.79 Å². The lowest BCUT2D eigenvalue weighted by Gasteiger charge is -2.07. The lowest BCUT2D eigenvalue weighted by Crippen LogP contribution is -2.08. The number of fused-ring (bicyclic) bond motifs is 2. The Morgan fingerprint density at radius 2 is 1.81 bits per heavy atom. The minimum Gasteiger partial charge on any atom is -0.493 e. The van der Waals surface area contributed by atoms with Crippen LogP contribution < -0.4 is 4.74 Å². The predicted octanol–water partition coefficient (Wildman–Crippen LogP) is 5.84. The molecule has 0 spiro atoms. The Morgan fingerprint density at radius 3 is 2.71 bits per heavy atom. The van der Waals surface area contributed by atoms with E-state index in [1.807, 2.05) is 54.6 Å². The number of hydrogen-bond acceptors (Lipinski definition) is 6. The van der Waals surface area contributed by atoms with Crippen molar-refractivity contribution in [1.82, 2.24) is 9.97 Å². The molecule has 0 bridgehead atoms. The van der Waals surface area contributed by atoms with Crippen molar-refractivity contribution in [2.75, 3.05) is 6.61 Å². The third kappa shape index (κ3) is 3.76. The molecule has 3 aromatic carbocycles. The number of hydrogen-bond donors (Lipinski definition) is 2. The molecular weight excluding hydrogens is 412 g/mol. The second-order valence-corrected chi connectivity index (χ2v) is 7.76. The van der Waals surface area contributed by atoms with Crippen molar-refractivity contribution in [2.45, 2.75) is 0 Å². The fraction of sp³-hybridized carbons (Fsp3) is 0.0435. The van der Waals surface area contributed by atoms with E-state index in [0.29, 0.717) is 16.7 Å². The topological polar surface area (TPSA) is 99.9 Å². The van der Waals surface area contributed by atoms with Gasteiger partial charge in [0.2, 0.25) is 5.88 Å². The smallest absolute Gasteiger partial charge is 0.302 e. The lowest BCUT2D eigenvalue weighted by atomic mass is 10.2. The number of carbonyl (C=O) groups is 1. The average Bonchev–Trinajstić information content (AvgIpc) is 3.36. The number of ether oxygens (including phenoxy) is 1. The van der Waals surface area contributed by atoms with Crippen LogP contribution in [0.5, 0.6) is 11.6 Å². The van der Waals surface area contributed by atoms with Crippen molar-refractivity contribution in [1.29, 1.82) is 0 Å². The molecule has 0 aliphatic carbocycles. The van der Waals surface area contributed by atoms with Crippen molar-refractivity contribution < 1.29 is 14.6 Å². The number of amides is 1. The van der Waals surface area contributed by atoms with E-state index in [4.69, 9.17) is 4.74 Å². The zero-order valence-electron chi connectivity index (χ0n) is 16.1. The third-order valence-corrected chi connectivity index (χ3v) is 5.75. The largest absolute Gasteiger partial charge is 0.493 e. The van der Waals surface area contributed by atoms with E-state index in [1.165, 1.54) is 0 Å². The van der Waals surface area contributed by atoms with E-state index in [1.54, 1.807) is 29.5 Å². The summed E-state index contributed by atoms with van der Waals surface area (Å²) < 4.78 is 6.81. The Morgan fingerprint density at radius 1 is 1.03 bits per heavy atom. The molecule has 0 unspecified atom stereocenters. The van der Waals surface area contributed by atoms with Crippen molar-refractivity contribution in [2.24, 2.45) is 10.2 Å². The van der Waals surface area contributed by atoms with Gasteiger partial charge in [-0.2, -0.15) is 0 Å². The number of thiazole rings is 1. The zero-order chi connectivity index (χ0) is 21.2. The van der Waals surface area contributed by atoms with Crippen LogP contribution in [0.4, 0.5) is 5.69 Å². The summed E-state index contributed by atoms with van der Waals surface area (Å²) in [6.45, 7) is -0.283. The summed E-state index contributed by atoms with van der Waals surface area (Å²) in [4.78, 5) is 19.7. The number of benzene rings is 3. The summed E-state index contributed by atoms with van der Waals surface area (Å²) in [6, 6.07) is 22.6. The van der Waals surface area contributed by atoms with Gasteiger partial charge in [-0.15, -0.1) is 21.6 Å². The molecule has 0 atom stereocenters. The molecule has 0 saturated carbocycles. The molecule has 5 rings (SSSR count). The first-order chi connectivity index (χ1) is 15.2. The van der Waals surface area contributed by atoms with Crippen LogP contribution in [0, 0.1) is 0 Å². The van der Waals surface area contributed by atoms with Crippen LogP contribution in [0.25, 0.3) is 31.7 Å². The van der Waals surface area contributed by atoms with Crippen LogP contribution >= 0.6 is 11.3 Å². The lowest BCUT2D eigenvalue weighted by molar-refractivity contribution is -0.120. The number of aromatic amines is 1. The van der Waals surface area contributed by atoms with Crippen molar-refractivity contribution in [3.63, 3.8) is 0 Å². The summed E-state index contributed by atoms with van der Waals surface area (Å²) in [6.07, 6.45) is 0. The van der Waals surface area contributed by atoms with Gasteiger partial charge < -0.3 is 14.8 Å². The minimum atomic E-state index is -0.566. The second-order valence-electron chi connectivity index (χ2n) is 6.73.